The number of aliphatic hydroxyl groups is 1. The van der Waals surface area contributed by atoms with E-state index in [1.54, 1.807) is 13.8 Å². The summed E-state index contributed by atoms with van der Waals surface area (Å²) in [6.45, 7) is 3.55. The van der Waals surface area contributed by atoms with Crippen LogP contribution in [0, 0.1) is 0 Å². The number of esters is 1. The second-order valence-electron chi connectivity index (χ2n) is 2.94. The molecule has 1 aliphatic heterocycles. The molecule has 2 atom stereocenters. The van der Waals surface area contributed by atoms with Crippen LogP contribution in [0.3, 0.4) is 0 Å². The Balaban J connectivity index is 2.80. The van der Waals surface area contributed by atoms with Gasteiger partial charge in [-0.3, -0.25) is 0 Å². The molecule has 0 saturated heterocycles. The van der Waals surface area contributed by atoms with Crippen LogP contribution >= 0.6 is 0 Å². The van der Waals surface area contributed by atoms with Gasteiger partial charge in [-0.1, -0.05) is 0 Å². The molecule has 0 aromatic rings. The summed E-state index contributed by atoms with van der Waals surface area (Å²) in [7, 11) is 0. The maximum Gasteiger partial charge on any atom is 0.334 e. The number of hydrogen-bond donors (Lipinski definition) is 2. The van der Waals surface area contributed by atoms with Gasteiger partial charge in [-0.25, -0.2) is 4.79 Å². The minimum absolute atomic E-state index is 0.0998. The standard InChI is InChI=1S/C8H13NO3/c1-4-5(2)8(11)12-7(4)6(10)3-9/h6-7,10H,3,9H2,1-2H3. The Hall–Kier alpha value is -0.870. The summed E-state index contributed by atoms with van der Waals surface area (Å²) in [5, 5.41) is 9.33. The second-order valence-corrected chi connectivity index (χ2v) is 2.94. The van der Waals surface area contributed by atoms with Gasteiger partial charge in [-0.15, -0.1) is 0 Å². The van der Waals surface area contributed by atoms with Gasteiger partial charge in [0.05, 0.1) is 0 Å². The summed E-state index contributed by atoms with van der Waals surface area (Å²) in [4.78, 5) is 11.0. The highest BCUT2D eigenvalue weighted by molar-refractivity contribution is 5.91. The Morgan fingerprint density at radius 1 is 1.67 bits per heavy atom. The number of rotatable bonds is 2. The molecule has 2 unspecified atom stereocenters. The van der Waals surface area contributed by atoms with Crippen molar-refractivity contribution in [3.8, 4) is 0 Å². The lowest BCUT2D eigenvalue weighted by molar-refractivity contribution is -0.143. The molecule has 0 spiro atoms. The number of aliphatic hydroxyl groups excluding tert-OH is 1. The van der Waals surface area contributed by atoms with Crippen LogP contribution < -0.4 is 5.73 Å². The average molecular weight is 171 g/mol. The second kappa shape index (κ2) is 3.25. The van der Waals surface area contributed by atoms with E-state index in [1.165, 1.54) is 0 Å². The first-order valence-electron chi connectivity index (χ1n) is 3.84. The molecule has 1 rings (SSSR count). The average Bonchev–Trinajstić information content (AvgIpc) is 2.32. The zero-order chi connectivity index (χ0) is 9.30. The summed E-state index contributed by atoms with van der Waals surface area (Å²) in [5.41, 5.74) is 6.59. The van der Waals surface area contributed by atoms with E-state index in [9.17, 15) is 9.90 Å². The molecule has 0 aliphatic carbocycles. The fourth-order valence-electron chi connectivity index (χ4n) is 1.16. The van der Waals surface area contributed by atoms with E-state index >= 15 is 0 Å². The minimum Gasteiger partial charge on any atom is -0.452 e. The van der Waals surface area contributed by atoms with Gasteiger partial charge in [-0.2, -0.15) is 0 Å². The van der Waals surface area contributed by atoms with Crippen LogP contribution in [0.15, 0.2) is 11.1 Å². The highest BCUT2D eigenvalue weighted by Gasteiger charge is 2.32. The van der Waals surface area contributed by atoms with Gasteiger partial charge >= 0.3 is 5.97 Å². The Kier molecular flexibility index (Phi) is 2.49. The molecule has 4 nitrogen and oxygen atoms in total. The smallest absolute Gasteiger partial charge is 0.334 e. The summed E-state index contributed by atoms with van der Waals surface area (Å²) in [5.74, 6) is -0.356. The fraction of sp³-hybridized carbons (Fsp3) is 0.625. The van der Waals surface area contributed by atoms with E-state index in [4.69, 9.17) is 10.5 Å². The monoisotopic (exact) mass is 171 g/mol. The zero-order valence-corrected chi connectivity index (χ0v) is 7.20. The van der Waals surface area contributed by atoms with Gasteiger partial charge < -0.3 is 15.6 Å². The topological polar surface area (TPSA) is 72.6 Å². The number of nitrogens with two attached hydrogens (primary N) is 1. The van der Waals surface area contributed by atoms with Crippen molar-refractivity contribution in [1.29, 1.82) is 0 Å². The Morgan fingerprint density at radius 3 is 2.58 bits per heavy atom. The molecule has 0 saturated carbocycles. The molecular formula is C8H13NO3. The first-order chi connectivity index (χ1) is 5.57. The molecule has 0 fully saturated rings. The molecule has 1 aliphatic rings. The quantitative estimate of drug-likeness (QED) is 0.553. The predicted molar refractivity (Wildman–Crippen MR) is 43.3 cm³/mol. The third-order valence-corrected chi connectivity index (χ3v) is 2.15. The molecule has 0 bridgehead atoms. The van der Waals surface area contributed by atoms with E-state index in [1.807, 2.05) is 0 Å². The third kappa shape index (κ3) is 1.35. The molecular weight excluding hydrogens is 158 g/mol. The van der Waals surface area contributed by atoms with Crippen molar-refractivity contribution in [3.05, 3.63) is 11.1 Å². The van der Waals surface area contributed by atoms with Crippen LogP contribution in [-0.2, 0) is 9.53 Å². The van der Waals surface area contributed by atoms with Crippen molar-refractivity contribution in [1.82, 2.24) is 0 Å². The maximum absolute atomic E-state index is 11.0. The number of carbonyl (C=O) groups excluding carboxylic acids is 1. The summed E-state index contributed by atoms with van der Waals surface area (Å²) in [6, 6.07) is 0. The summed E-state index contributed by atoms with van der Waals surface area (Å²) < 4.78 is 4.90. The Morgan fingerprint density at radius 2 is 2.25 bits per heavy atom. The molecule has 0 amide bonds. The lowest BCUT2D eigenvalue weighted by Gasteiger charge is -2.16. The largest absolute Gasteiger partial charge is 0.452 e. The van der Waals surface area contributed by atoms with Crippen LogP contribution in [0.25, 0.3) is 0 Å². The first-order valence-corrected chi connectivity index (χ1v) is 3.84. The summed E-state index contributed by atoms with van der Waals surface area (Å²) >= 11 is 0. The molecule has 68 valence electrons. The number of hydrogen-bond acceptors (Lipinski definition) is 4. The van der Waals surface area contributed by atoms with Gasteiger partial charge in [0.25, 0.3) is 0 Å². The molecule has 1 heterocycles. The maximum atomic E-state index is 11.0. The van der Waals surface area contributed by atoms with E-state index in [0.29, 0.717) is 5.57 Å². The van der Waals surface area contributed by atoms with Gasteiger partial charge in [0, 0.05) is 12.1 Å². The van der Waals surface area contributed by atoms with Crippen molar-refractivity contribution in [3.63, 3.8) is 0 Å². The highest BCUT2D eigenvalue weighted by atomic mass is 16.6. The van der Waals surface area contributed by atoms with Crippen LogP contribution in [-0.4, -0.2) is 29.8 Å². The van der Waals surface area contributed by atoms with Crippen molar-refractivity contribution in [2.24, 2.45) is 5.73 Å². The SMILES string of the molecule is CC1=C(C)C(C(O)CN)OC1=O. The van der Waals surface area contributed by atoms with E-state index in [2.05, 4.69) is 0 Å². The van der Waals surface area contributed by atoms with Crippen molar-refractivity contribution in [2.75, 3.05) is 6.54 Å². The number of ether oxygens (including phenoxy) is 1. The molecule has 3 N–H and O–H groups in total. The van der Waals surface area contributed by atoms with Crippen LogP contribution in [0.5, 0.6) is 0 Å². The van der Waals surface area contributed by atoms with Gasteiger partial charge in [0.2, 0.25) is 0 Å². The summed E-state index contributed by atoms with van der Waals surface area (Å²) in [6.07, 6.45) is -1.33. The number of carbonyl (C=O) groups is 1. The van der Waals surface area contributed by atoms with Gasteiger partial charge in [0.1, 0.15) is 6.10 Å². The Labute approximate surface area is 71.0 Å². The molecule has 0 aromatic carbocycles. The molecule has 0 aromatic heterocycles. The van der Waals surface area contributed by atoms with Crippen LogP contribution in [0.2, 0.25) is 0 Å². The lowest BCUT2D eigenvalue weighted by Crippen LogP contribution is -2.34. The Bertz CT molecular complexity index is 234. The van der Waals surface area contributed by atoms with Gasteiger partial charge in [-0.05, 0) is 19.4 Å². The van der Waals surface area contributed by atoms with E-state index in [-0.39, 0.29) is 12.5 Å². The number of cyclic esters (lactones) is 1. The van der Waals surface area contributed by atoms with Crippen molar-refractivity contribution >= 4 is 5.97 Å². The van der Waals surface area contributed by atoms with E-state index in [0.717, 1.165) is 5.57 Å². The zero-order valence-electron chi connectivity index (χ0n) is 7.20. The van der Waals surface area contributed by atoms with Crippen LogP contribution in [0.4, 0.5) is 0 Å². The van der Waals surface area contributed by atoms with Crippen molar-refractivity contribution in [2.45, 2.75) is 26.1 Å². The fourth-order valence-corrected chi connectivity index (χ4v) is 1.16. The van der Waals surface area contributed by atoms with E-state index < -0.39 is 12.2 Å². The predicted octanol–water partition coefficient (Wildman–Crippen LogP) is -0.432. The van der Waals surface area contributed by atoms with Gasteiger partial charge in [0.15, 0.2) is 6.10 Å². The van der Waals surface area contributed by atoms with Crippen molar-refractivity contribution < 1.29 is 14.6 Å². The minimum atomic E-state index is -0.786. The normalized spacial score (nSPS) is 26.0. The molecule has 4 heteroatoms. The highest BCUT2D eigenvalue weighted by Crippen LogP contribution is 2.23. The first kappa shape index (κ1) is 9.22. The molecule has 0 radical (unpaired) electrons. The lowest BCUT2D eigenvalue weighted by atomic mass is 10.0. The van der Waals surface area contributed by atoms with Crippen LogP contribution in [0.1, 0.15) is 13.8 Å². The third-order valence-electron chi connectivity index (χ3n) is 2.15. The molecule has 12 heavy (non-hydrogen) atoms.